The molecule has 1 saturated heterocycles. The van der Waals surface area contributed by atoms with Gasteiger partial charge in [-0.3, -0.25) is 0 Å². The molecule has 0 saturated carbocycles. The summed E-state index contributed by atoms with van der Waals surface area (Å²) in [5.41, 5.74) is 1.43. The number of piperidine rings is 1. The Hall–Kier alpha value is -1.44. The van der Waals surface area contributed by atoms with Crippen LogP contribution in [0.2, 0.25) is 0 Å². The average molecular weight is 287 g/mol. The SMILES string of the molecule is CCCCC=CN1CCC(C)(c2cccc(O)c2)C(C)C1. The summed E-state index contributed by atoms with van der Waals surface area (Å²) in [5, 5.41) is 9.74. The van der Waals surface area contributed by atoms with Gasteiger partial charge >= 0.3 is 0 Å². The van der Waals surface area contributed by atoms with E-state index in [9.17, 15) is 5.11 Å². The molecular weight excluding hydrogens is 258 g/mol. The lowest BCUT2D eigenvalue weighted by Crippen LogP contribution is -2.45. The molecule has 1 aromatic carbocycles. The first-order chi connectivity index (χ1) is 10.1. The minimum atomic E-state index is 0.159. The van der Waals surface area contributed by atoms with E-state index in [0.717, 1.165) is 19.5 Å². The van der Waals surface area contributed by atoms with Gasteiger partial charge in [0.25, 0.3) is 0 Å². The van der Waals surface area contributed by atoms with Crippen LogP contribution in [0.25, 0.3) is 0 Å². The maximum atomic E-state index is 9.74. The van der Waals surface area contributed by atoms with Crippen molar-refractivity contribution in [2.45, 2.75) is 51.9 Å². The average Bonchev–Trinajstić information content (AvgIpc) is 2.47. The number of allylic oxidation sites excluding steroid dienone is 1. The first-order valence-electron chi connectivity index (χ1n) is 8.26. The molecule has 0 spiro atoms. The number of unbranched alkanes of at least 4 members (excludes halogenated alkanes) is 2. The van der Waals surface area contributed by atoms with Crippen LogP contribution in [-0.2, 0) is 5.41 Å². The summed E-state index contributed by atoms with van der Waals surface area (Å²) in [7, 11) is 0. The van der Waals surface area contributed by atoms with Crippen molar-refractivity contribution in [2.75, 3.05) is 13.1 Å². The third kappa shape index (κ3) is 3.81. The minimum Gasteiger partial charge on any atom is -0.508 e. The van der Waals surface area contributed by atoms with Crippen molar-refractivity contribution in [1.29, 1.82) is 0 Å². The third-order valence-corrected chi connectivity index (χ3v) is 5.06. The number of likely N-dealkylation sites (tertiary alicyclic amines) is 1. The van der Waals surface area contributed by atoms with Crippen LogP contribution in [0.3, 0.4) is 0 Å². The highest BCUT2D eigenvalue weighted by Crippen LogP contribution is 2.40. The molecule has 0 radical (unpaired) electrons. The van der Waals surface area contributed by atoms with E-state index in [0.29, 0.717) is 11.7 Å². The summed E-state index contributed by atoms with van der Waals surface area (Å²) in [4.78, 5) is 2.45. The normalized spacial score (nSPS) is 26.4. The van der Waals surface area contributed by atoms with Gasteiger partial charge in [-0.2, -0.15) is 0 Å². The van der Waals surface area contributed by atoms with E-state index < -0.39 is 0 Å². The van der Waals surface area contributed by atoms with Crippen LogP contribution < -0.4 is 0 Å². The van der Waals surface area contributed by atoms with E-state index in [4.69, 9.17) is 0 Å². The zero-order chi connectivity index (χ0) is 15.3. The number of phenols is 1. The van der Waals surface area contributed by atoms with E-state index >= 15 is 0 Å². The number of phenolic OH excluding ortho intramolecular Hbond substituents is 1. The van der Waals surface area contributed by atoms with Crippen LogP contribution in [0, 0.1) is 5.92 Å². The largest absolute Gasteiger partial charge is 0.508 e. The fraction of sp³-hybridized carbons (Fsp3) is 0.579. The first-order valence-corrected chi connectivity index (χ1v) is 8.26. The maximum Gasteiger partial charge on any atom is 0.115 e. The molecule has 1 aromatic rings. The van der Waals surface area contributed by atoms with Crippen LogP contribution in [0.5, 0.6) is 5.75 Å². The van der Waals surface area contributed by atoms with Gasteiger partial charge in [0.2, 0.25) is 0 Å². The Kier molecular flexibility index (Phi) is 5.33. The monoisotopic (exact) mass is 287 g/mol. The Bertz CT molecular complexity index is 482. The van der Waals surface area contributed by atoms with E-state index in [1.54, 1.807) is 6.07 Å². The van der Waals surface area contributed by atoms with Gasteiger partial charge in [-0.1, -0.05) is 51.8 Å². The highest BCUT2D eigenvalue weighted by Gasteiger charge is 2.37. The molecular formula is C19H29NO. The smallest absolute Gasteiger partial charge is 0.115 e. The summed E-state index contributed by atoms with van der Waals surface area (Å²) in [5.74, 6) is 0.951. The van der Waals surface area contributed by atoms with E-state index in [1.807, 2.05) is 12.1 Å². The molecule has 0 bridgehead atoms. The van der Waals surface area contributed by atoms with E-state index in [-0.39, 0.29) is 5.41 Å². The fourth-order valence-corrected chi connectivity index (χ4v) is 3.24. The summed E-state index contributed by atoms with van der Waals surface area (Å²) < 4.78 is 0. The minimum absolute atomic E-state index is 0.159. The quantitative estimate of drug-likeness (QED) is 0.794. The lowest BCUT2D eigenvalue weighted by Gasteiger charge is -2.45. The molecule has 0 aliphatic carbocycles. The van der Waals surface area contributed by atoms with Gasteiger partial charge < -0.3 is 10.0 Å². The van der Waals surface area contributed by atoms with Crippen molar-refractivity contribution < 1.29 is 5.11 Å². The van der Waals surface area contributed by atoms with E-state index in [2.05, 4.69) is 44.0 Å². The van der Waals surface area contributed by atoms with Crippen molar-refractivity contribution in [1.82, 2.24) is 4.90 Å². The van der Waals surface area contributed by atoms with Crippen molar-refractivity contribution in [3.8, 4) is 5.75 Å². The predicted molar refractivity (Wildman–Crippen MR) is 89.5 cm³/mol. The molecule has 2 atom stereocenters. The second kappa shape index (κ2) is 7.02. The van der Waals surface area contributed by atoms with Gasteiger partial charge in [0.1, 0.15) is 5.75 Å². The molecule has 2 rings (SSSR count). The van der Waals surface area contributed by atoms with Gasteiger partial charge in [0, 0.05) is 13.1 Å². The Morgan fingerprint density at radius 1 is 1.43 bits per heavy atom. The highest BCUT2D eigenvalue weighted by molar-refractivity contribution is 5.33. The third-order valence-electron chi connectivity index (χ3n) is 5.06. The van der Waals surface area contributed by atoms with Crippen LogP contribution in [0.4, 0.5) is 0 Å². The van der Waals surface area contributed by atoms with E-state index in [1.165, 1.54) is 24.8 Å². The molecule has 1 aliphatic heterocycles. The predicted octanol–water partition coefficient (Wildman–Crippen LogP) is 4.70. The van der Waals surface area contributed by atoms with Gasteiger partial charge in [-0.25, -0.2) is 0 Å². The summed E-state index contributed by atoms with van der Waals surface area (Å²) in [6, 6.07) is 7.80. The molecule has 116 valence electrons. The number of aromatic hydroxyl groups is 1. The summed E-state index contributed by atoms with van der Waals surface area (Å²) >= 11 is 0. The molecule has 0 amide bonds. The number of hydrogen-bond donors (Lipinski definition) is 1. The molecule has 2 nitrogen and oxygen atoms in total. The van der Waals surface area contributed by atoms with Crippen molar-refractivity contribution in [2.24, 2.45) is 5.92 Å². The van der Waals surface area contributed by atoms with Crippen molar-refractivity contribution in [3.05, 3.63) is 42.1 Å². The topological polar surface area (TPSA) is 23.5 Å². The highest BCUT2D eigenvalue weighted by atomic mass is 16.3. The second-order valence-corrected chi connectivity index (χ2v) is 6.64. The molecule has 21 heavy (non-hydrogen) atoms. The van der Waals surface area contributed by atoms with Gasteiger partial charge in [0.05, 0.1) is 0 Å². The fourth-order valence-electron chi connectivity index (χ4n) is 3.24. The maximum absolute atomic E-state index is 9.74. The molecule has 1 heterocycles. The first kappa shape index (κ1) is 15.9. The van der Waals surface area contributed by atoms with Crippen LogP contribution in [0.1, 0.15) is 52.0 Å². The number of rotatable bonds is 5. The van der Waals surface area contributed by atoms with Gasteiger partial charge in [-0.15, -0.1) is 0 Å². The Morgan fingerprint density at radius 3 is 2.90 bits per heavy atom. The molecule has 0 aromatic heterocycles. The van der Waals surface area contributed by atoms with Gasteiger partial charge in [0.15, 0.2) is 0 Å². The number of benzene rings is 1. The molecule has 2 heteroatoms. The lowest BCUT2D eigenvalue weighted by atomic mass is 9.68. The standard InChI is InChI=1S/C19H29NO/c1-4-5-6-7-12-20-13-11-19(3,16(2)15-20)17-9-8-10-18(21)14-17/h7-10,12,14,16,21H,4-6,11,13,15H2,1-3H3. The van der Waals surface area contributed by atoms with Crippen LogP contribution >= 0.6 is 0 Å². The Balaban J connectivity index is 2.01. The molecule has 1 N–H and O–H groups in total. The Morgan fingerprint density at radius 2 is 2.24 bits per heavy atom. The van der Waals surface area contributed by atoms with Crippen molar-refractivity contribution in [3.63, 3.8) is 0 Å². The number of nitrogens with zero attached hydrogens (tertiary/aromatic N) is 1. The van der Waals surface area contributed by atoms with Gasteiger partial charge in [-0.05, 0) is 48.1 Å². The van der Waals surface area contributed by atoms with Crippen molar-refractivity contribution >= 4 is 0 Å². The lowest BCUT2D eigenvalue weighted by molar-refractivity contribution is 0.149. The molecule has 1 aliphatic rings. The Labute approximate surface area is 129 Å². The zero-order valence-electron chi connectivity index (χ0n) is 13.7. The number of hydrogen-bond acceptors (Lipinski definition) is 2. The molecule has 1 fully saturated rings. The summed E-state index contributed by atoms with van der Waals surface area (Å²) in [6.45, 7) is 9.09. The van der Waals surface area contributed by atoms with Crippen LogP contribution in [0.15, 0.2) is 36.5 Å². The summed E-state index contributed by atoms with van der Waals surface area (Å²) in [6.07, 6.45) is 9.46. The second-order valence-electron chi connectivity index (χ2n) is 6.64. The van der Waals surface area contributed by atoms with Crippen LogP contribution in [-0.4, -0.2) is 23.1 Å². The zero-order valence-corrected chi connectivity index (χ0v) is 13.7. The molecule has 2 unspecified atom stereocenters.